The van der Waals surface area contributed by atoms with Crippen LogP contribution < -0.4 is 4.90 Å². The van der Waals surface area contributed by atoms with Crippen LogP contribution >= 0.6 is 0 Å². The van der Waals surface area contributed by atoms with Gasteiger partial charge in [-0.2, -0.15) is 0 Å². The number of hydrogen-bond donors (Lipinski definition) is 0. The Morgan fingerprint density at radius 2 is 2.04 bits per heavy atom. The second-order valence-corrected chi connectivity index (χ2v) is 5.71. The highest BCUT2D eigenvalue weighted by Crippen LogP contribution is 2.23. The highest BCUT2D eigenvalue weighted by molar-refractivity contribution is 5.92. The molecule has 0 N–H and O–H groups in total. The minimum absolute atomic E-state index is 0.140. The van der Waals surface area contributed by atoms with E-state index in [-0.39, 0.29) is 5.91 Å². The van der Waals surface area contributed by atoms with E-state index in [1.807, 2.05) is 12.1 Å². The van der Waals surface area contributed by atoms with Crippen molar-refractivity contribution in [1.29, 1.82) is 0 Å². The molecule has 1 aromatic carbocycles. The molecule has 3 rings (SSSR count). The summed E-state index contributed by atoms with van der Waals surface area (Å²) in [7, 11) is 1.78. The van der Waals surface area contributed by atoms with Crippen LogP contribution in [-0.2, 0) is 11.3 Å². The standard InChI is InChI=1S/C17H21N3O3/c1-13-11-15(18-23-13)17(21)19(2)12-14-5-3-4-6-16(14)20-7-9-22-10-8-20/h3-6,11H,7-10,12H2,1-2H3. The Morgan fingerprint density at radius 1 is 1.30 bits per heavy atom. The van der Waals surface area contributed by atoms with Crippen LogP contribution in [0.5, 0.6) is 0 Å². The van der Waals surface area contributed by atoms with Gasteiger partial charge in [0.1, 0.15) is 5.76 Å². The molecule has 1 aliphatic rings. The molecule has 0 unspecified atom stereocenters. The van der Waals surface area contributed by atoms with Gasteiger partial charge < -0.3 is 19.1 Å². The molecule has 23 heavy (non-hydrogen) atoms. The van der Waals surface area contributed by atoms with E-state index in [2.05, 4.69) is 22.2 Å². The van der Waals surface area contributed by atoms with Crippen molar-refractivity contribution in [3.8, 4) is 0 Å². The minimum Gasteiger partial charge on any atom is -0.378 e. The van der Waals surface area contributed by atoms with Crippen molar-refractivity contribution in [1.82, 2.24) is 10.1 Å². The van der Waals surface area contributed by atoms with Gasteiger partial charge in [-0.25, -0.2) is 0 Å². The first-order valence-electron chi connectivity index (χ1n) is 7.74. The van der Waals surface area contributed by atoms with Gasteiger partial charge in [-0.05, 0) is 18.6 Å². The Balaban J connectivity index is 1.75. The summed E-state index contributed by atoms with van der Waals surface area (Å²) in [6.07, 6.45) is 0. The van der Waals surface area contributed by atoms with Gasteiger partial charge in [-0.15, -0.1) is 0 Å². The van der Waals surface area contributed by atoms with Gasteiger partial charge in [-0.1, -0.05) is 23.4 Å². The predicted molar refractivity (Wildman–Crippen MR) is 86.5 cm³/mol. The van der Waals surface area contributed by atoms with Gasteiger partial charge in [-0.3, -0.25) is 4.79 Å². The molecule has 0 aliphatic carbocycles. The number of aromatic nitrogens is 1. The van der Waals surface area contributed by atoms with Gasteiger partial charge in [0.05, 0.1) is 13.2 Å². The summed E-state index contributed by atoms with van der Waals surface area (Å²) in [5.41, 5.74) is 2.62. The summed E-state index contributed by atoms with van der Waals surface area (Å²) in [6, 6.07) is 9.84. The van der Waals surface area contributed by atoms with Crippen molar-refractivity contribution in [3.63, 3.8) is 0 Å². The lowest BCUT2D eigenvalue weighted by molar-refractivity contribution is 0.0774. The van der Waals surface area contributed by atoms with Crippen LogP contribution in [0.3, 0.4) is 0 Å². The number of aryl methyl sites for hydroxylation is 1. The molecule has 0 saturated carbocycles. The zero-order valence-electron chi connectivity index (χ0n) is 13.5. The number of nitrogens with zero attached hydrogens (tertiary/aromatic N) is 3. The normalized spacial score (nSPS) is 14.8. The van der Waals surface area contributed by atoms with Crippen molar-refractivity contribution >= 4 is 11.6 Å². The van der Waals surface area contributed by atoms with Crippen LogP contribution in [0.25, 0.3) is 0 Å². The third kappa shape index (κ3) is 3.53. The predicted octanol–water partition coefficient (Wildman–Crippen LogP) is 2.09. The molecular formula is C17H21N3O3. The number of amides is 1. The van der Waals surface area contributed by atoms with Gasteiger partial charge in [0.2, 0.25) is 0 Å². The quantitative estimate of drug-likeness (QED) is 0.864. The van der Waals surface area contributed by atoms with Crippen molar-refractivity contribution in [2.75, 3.05) is 38.3 Å². The maximum Gasteiger partial charge on any atom is 0.276 e. The largest absolute Gasteiger partial charge is 0.378 e. The smallest absolute Gasteiger partial charge is 0.276 e. The maximum absolute atomic E-state index is 12.4. The summed E-state index contributed by atoms with van der Waals surface area (Å²) in [5.74, 6) is 0.495. The first-order chi connectivity index (χ1) is 11.1. The number of morpholine rings is 1. The highest BCUT2D eigenvalue weighted by atomic mass is 16.5. The molecule has 1 amide bonds. The molecule has 2 aromatic rings. The van der Waals surface area contributed by atoms with E-state index in [4.69, 9.17) is 9.26 Å². The van der Waals surface area contributed by atoms with Crippen LogP contribution in [0.4, 0.5) is 5.69 Å². The molecule has 2 heterocycles. The van der Waals surface area contributed by atoms with E-state index in [1.54, 1.807) is 24.9 Å². The fourth-order valence-electron chi connectivity index (χ4n) is 2.75. The van der Waals surface area contributed by atoms with E-state index in [0.29, 0.717) is 18.0 Å². The molecule has 1 saturated heterocycles. The number of rotatable bonds is 4. The van der Waals surface area contributed by atoms with Crippen molar-refractivity contribution in [2.24, 2.45) is 0 Å². The van der Waals surface area contributed by atoms with Gasteiger partial charge >= 0.3 is 0 Å². The third-order valence-corrected chi connectivity index (χ3v) is 3.94. The second kappa shape index (κ2) is 6.83. The fourth-order valence-corrected chi connectivity index (χ4v) is 2.75. The van der Waals surface area contributed by atoms with E-state index in [0.717, 1.165) is 37.6 Å². The molecular weight excluding hydrogens is 294 g/mol. The molecule has 6 nitrogen and oxygen atoms in total. The topological polar surface area (TPSA) is 58.8 Å². The van der Waals surface area contributed by atoms with Crippen molar-refractivity contribution < 1.29 is 14.1 Å². The minimum atomic E-state index is -0.140. The van der Waals surface area contributed by atoms with Gasteiger partial charge in [0.15, 0.2) is 5.69 Å². The lowest BCUT2D eigenvalue weighted by atomic mass is 10.1. The molecule has 1 fully saturated rings. The van der Waals surface area contributed by atoms with E-state index >= 15 is 0 Å². The number of benzene rings is 1. The van der Waals surface area contributed by atoms with E-state index < -0.39 is 0 Å². The zero-order valence-corrected chi connectivity index (χ0v) is 13.5. The van der Waals surface area contributed by atoms with Crippen LogP contribution in [0.1, 0.15) is 21.8 Å². The number of ether oxygens (including phenoxy) is 1. The SMILES string of the molecule is Cc1cc(C(=O)N(C)Cc2ccccc2N2CCOCC2)no1. The van der Waals surface area contributed by atoms with Crippen molar-refractivity contribution in [2.45, 2.75) is 13.5 Å². The number of anilines is 1. The van der Waals surface area contributed by atoms with Crippen molar-refractivity contribution in [3.05, 3.63) is 47.3 Å². The monoisotopic (exact) mass is 315 g/mol. The van der Waals surface area contributed by atoms with Gasteiger partial charge in [0.25, 0.3) is 5.91 Å². The summed E-state index contributed by atoms with van der Waals surface area (Å²) in [4.78, 5) is 16.4. The van der Waals surface area contributed by atoms with Crippen LogP contribution in [0.15, 0.2) is 34.9 Å². The fraction of sp³-hybridized carbons (Fsp3) is 0.412. The summed E-state index contributed by atoms with van der Waals surface area (Å²) >= 11 is 0. The second-order valence-electron chi connectivity index (χ2n) is 5.71. The van der Waals surface area contributed by atoms with Crippen LogP contribution in [-0.4, -0.2) is 49.3 Å². The molecule has 0 bridgehead atoms. The lowest BCUT2D eigenvalue weighted by Gasteiger charge is -2.31. The molecule has 6 heteroatoms. The molecule has 0 atom stereocenters. The lowest BCUT2D eigenvalue weighted by Crippen LogP contribution is -2.37. The summed E-state index contributed by atoms with van der Waals surface area (Å²) < 4.78 is 10.4. The first-order valence-corrected chi connectivity index (χ1v) is 7.74. The number of hydrogen-bond acceptors (Lipinski definition) is 5. The molecule has 0 radical (unpaired) electrons. The van der Waals surface area contributed by atoms with E-state index in [1.165, 1.54) is 0 Å². The first kappa shape index (κ1) is 15.6. The maximum atomic E-state index is 12.4. The number of carbonyl (C=O) groups is 1. The Kier molecular flexibility index (Phi) is 4.62. The average molecular weight is 315 g/mol. The number of carbonyl (C=O) groups excluding carboxylic acids is 1. The van der Waals surface area contributed by atoms with Crippen LogP contribution in [0, 0.1) is 6.92 Å². The Morgan fingerprint density at radius 3 is 2.74 bits per heavy atom. The number of para-hydroxylation sites is 1. The summed E-state index contributed by atoms with van der Waals surface area (Å²) in [5, 5.41) is 3.80. The Bertz CT molecular complexity index is 677. The molecule has 1 aromatic heterocycles. The Labute approximate surface area is 135 Å². The molecule has 1 aliphatic heterocycles. The average Bonchev–Trinajstić information content (AvgIpc) is 3.02. The zero-order chi connectivity index (χ0) is 16.2. The third-order valence-electron chi connectivity index (χ3n) is 3.94. The molecule has 122 valence electrons. The van der Waals surface area contributed by atoms with E-state index in [9.17, 15) is 4.79 Å². The highest BCUT2D eigenvalue weighted by Gasteiger charge is 2.19. The van der Waals surface area contributed by atoms with Crippen LogP contribution in [0.2, 0.25) is 0 Å². The van der Waals surface area contributed by atoms with Gasteiger partial charge in [0, 0.05) is 38.4 Å². The Hall–Kier alpha value is -2.34. The molecule has 0 spiro atoms. The summed E-state index contributed by atoms with van der Waals surface area (Å²) in [6.45, 7) is 5.52.